The first-order valence-electron chi connectivity index (χ1n) is 13.2. The molecule has 190 valence electrons. The number of hydrogen-bond donors (Lipinski definition) is 2. The van der Waals surface area contributed by atoms with Crippen LogP contribution < -0.4 is 10.2 Å². The minimum atomic E-state index is -0.0643. The molecule has 0 amide bonds. The van der Waals surface area contributed by atoms with E-state index >= 15 is 0 Å². The van der Waals surface area contributed by atoms with Gasteiger partial charge in [0.15, 0.2) is 5.84 Å². The molecule has 6 nitrogen and oxygen atoms in total. The average molecular weight is 517 g/mol. The molecule has 1 unspecified atom stereocenters. The van der Waals surface area contributed by atoms with Gasteiger partial charge < -0.3 is 10.2 Å². The lowest BCUT2D eigenvalue weighted by molar-refractivity contribution is 0.819. The highest BCUT2D eigenvalue weighted by atomic mass is 15.3. The van der Waals surface area contributed by atoms with E-state index in [1.54, 1.807) is 0 Å². The first kappa shape index (κ1) is 22.5. The number of nitrogens with zero attached hydrogens (tertiary/aromatic N) is 4. The molecule has 1 atom stereocenters. The number of hydrogen-bond acceptors (Lipinski definition) is 3. The largest absolute Gasteiger partial charge is 0.358 e. The van der Waals surface area contributed by atoms with E-state index in [9.17, 15) is 5.41 Å². The molecular formula is C34H24N6. The summed E-state index contributed by atoms with van der Waals surface area (Å²) in [5.41, 5.74) is 9.56. The molecule has 0 aliphatic carbocycles. The number of amidine groups is 1. The Bertz CT molecular complexity index is 2040. The Labute approximate surface area is 231 Å². The average Bonchev–Trinajstić information content (AvgIpc) is 3.57. The highest BCUT2D eigenvalue weighted by Gasteiger charge is 2.39. The van der Waals surface area contributed by atoms with Gasteiger partial charge >= 0.3 is 0 Å². The summed E-state index contributed by atoms with van der Waals surface area (Å²) in [4.78, 5) is 11.2. The van der Waals surface area contributed by atoms with Gasteiger partial charge in [-0.15, -0.1) is 0 Å². The molecule has 2 aliphatic heterocycles. The number of nitrogens with one attached hydrogen (secondary N) is 2. The molecule has 0 saturated carbocycles. The third-order valence-electron chi connectivity index (χ3n) is 7.93. The summed E-state index contributed by atoms with van der Waals surface area (Å²) in [5, 5.41) is 15.2. The standard InChI is InChI=1S/C34H24N6/c1-36-32(21-11-3-2-4-12-21)38-34(35)40-28-18-10-8-15-24(28)25-19-20-29-30(31(25)40)37-33-26-16-6-5-13-22(26)23-14-7-9-17-27(23)39(29)33/h2-20,33,35,37H,1H2/b35-34?,38-32-. The second-order valence-corrected chi connectivity index (χ2v) is 10.0. The van der Waals surface area contributed by atoms with Crippen LogP contribution in [0.15, 0.2) is 125 Å². The number of benzene rings is 5. The maximum Gasteiger partial charge on any atom is 0.229 e. The lowest BCUT2D eigenvalue weighted by atomic mass is 9.91. The van der Waals surface area contributed by atoms with Crippen molar-refractivity contribution in [2.75, 3.05) is 10.2 Å². The predicted octanol–water partition coefficient (Wildman–Crippen LogP) is 7.97. The molecule has 8 rings (SSSR count). The summed E-state index contributed by atoms with van der Waals surface area (Å²) in [6, 6.07) is 39.4. The zero-order valence-electron chi connectivity index (χ0n) is 21.5. The Balaban J connectivity index is 1.39. The van der Waals surface area contributed by atoms with Gasteiger partial charge in [0.05, 0.1) is 28.1 Å². The number of aromatic nitrogens is 1. The van der Waals surface area contributed by atoms with Gasteiger partial charge in [-0.2, -0.15) is 4.99 Å². The van der Waals surface area contributed by atoms with Gasteiger partial charge in [0.1, 0.15) is 6.17 Å². The van der Waals surface area contributed by atoms with E-state index < -0.39 is 0 Å². The van der Waals surface area contributed by atoms with E-state index in [0.717, 1.165) is 44.4 Å². The number of rotatable bonds is 1. The van der Waals surface area contributed by atoms with Crippen molar-refractivity contribution in [3.63, 3.8) is 0 Å². The van der Waals surface area contributed by atoms with Gasteiger partial charge in [-0.3, -0.25) is 9.98 Å². The van der Waals surface area contributed by atoms with Crippen LogP contribution in [0.3, 0.4) is 0 Å². The fourth-order valence-corrected chi connectivity index (χ4v) is 6.26. The van der Waals surface area contributed by atoms with Crippen molar-refractivity contribution in [1.29, 1.82) is 5.41 Å². The summed E-state index contributed by atoms with van der Waals surface area (Å²) >= 11 is 0. The Morgan fingerprint density at radius 1 is 0.725 bits per heavy atom. The van der Waals surface area contributed by atoms with Crippen molar-refractivity contribution < 1.29 is 0 Å². The van der Waals surface area contributed by atoms with Crippen LogP contribution in [-0.4, -0.2) is 23.1 Å². The summed E-state index contributed by atoms with van der Waals surface area (Å²) in [7, 11) is 0. The zero-order valence-corrected chi connectivity index (χ0v) is 21.5. The maximum absolute atomic E-state index is 9.24. The molecule has 0 spiro atoms. The van der Waals surface area contributed by atoms with E-state index in [1.165, 1.54) is 16.7 Å². The molecule has 0 saturated heterocycles. The van der Waals surface area contributed by atoms with Crippen LogP contribution in [0.25, 0.3) is 32.9 Å². The Hall–Kier alpha value is -5.49. The Morgan fingerprint density at radius 3 is 2.30 bits per heavy atom. The van der Waals surface area contributed by atoms with E-state index in [-0.39, 0.29) is 12.1 Å². The van der Waals surface area contributed by atoms with Crippen LogP contribution in [0.1, 0.15) is 17.3 Å². The van der Waals surface area contributed by atoms with Gasteiger partial charge in [-0.1, -0.05) is 91.0 Å². The summed E-state index contributed by atoms with van der Waals surface area (Å²) < 4.78 is 1.93. The molecule has 2 aliphatic rings. The summed E-state index contributed by atoms with van der Waals surface area (Å²) in [6.45, 7) is 3.74. The quantitative estimate of drug-likeness (QED) is 0.172. The SMILES string of the molecule is C=N/C(=N\C(=N)n1c2ccccc2c2ccc3c(c21)NC1c2ccccc2-c2ccccc2N31)c1ccccc1. The Morgan fingerprint density at radius 2 is 1.45 bits per heavy atom. The van der Waals surface area contributed by atoms with E-state index in [2.05, 4.69) is 93.6 Å². The van der Waals surface area contributed by atoms with Crippen LogP contribution in [0, 0.1) is 5.41 Å². The normalized spacial score (nSPS) is 15.2. The van der Waals surface area contributed by atoms with Gasteiger partial charge in [-0.05, 0) is 36.5 Å². The molecule has 0 radical (unpaired) electrons. The van der Waals surface area contributed by atoms with Crippen molar-refractivity contribution >= 4 is 57.4 Å². The van der Waals surface area contributed by atoms with Gasteiger partial charge in [-0.25, -0.2) is 4.99 Å². The molecule has 2 N–H and O–H groups in total. The summed E-state index contributed by atoms with van der Waals surface area (Å²) in [5.74, 6) is 0.496. The fourth-order valence-electron chi connectivity index (χ4n) is 6.26. The van der Waals surface area contributed by atoms with E-state index in [0.29, 0.717) is 5.84 Å². The smallest absolute Gasteiger partial charge is 0.229 e. The molecule has 0 fully saturated rings. The zero-order chi connectivity index (χ0) is 26.8. The molecule has 1 aromatic heterocycles. The number of fused-ring (bicyclic) bond motifs is 12. The molecule has 0 bridgehead atoms. The van der Waals surface area contributed by atoms with Crippen molar-refractivity contribution in [3.8, 4) is 11.1 Å². The van der Waals surface area contributed by atoms with Crippen molar-refractivity contribution in [3.05, 3.63) is 126 Å². The summed E-state index contributed by atoms with van der Waals surface area (Å²) in [6.07, 6.45) is -0.0643. The molecule has 6 aromatic rings. The molecule has 6 heteroatoms. The highest BCUT2D eigenvalue weighted by molar-refractivity contribution is 6.21. The number of aliphatic imine (C=N–C) groups is 2. The highest BCUT2D eigenvalue weighted by Crippen LogP contribution is 2.56. The first-order chi connectivity index (χ1) is 19.7. The molecule has 5 aromatic carbocycles. The van der Waals surface area contributed by atoms with Crippen LogP contribution >= 0.6 is 0 Å². The van der Waals surface area contributed by atoms with Crippen molar-refractivity contribution in [2.45, 2.75) is 6.17 Å². The molecule has 3 heterocycles. The van der Waals surface area contributed by atoms with Crippen LogP contribution in [0.5, 0.6) is 0 Å². The van der Waals surface area contributed by atoms with Crippen LogP contribution in [0.4, 0.5) is 17.1 Å². The van der Waals surface area contributed by atoms with Crippen LogP contribution in [-0.2, 0) is 0 Å². The third-order valence-corrected chi connectivity index (χ3v) is 7.93. The van der Waals surface area contributed by atoms with Crippen LogP contribution in [0.2, 0.25) is 0 Å². The second-order valence-electron chi connectivity index (χ2n) is 10.0. The lowest BCUT2D eigenvalue weighted by Gasteiger charge is -2.35. The molecular weight excluding hydrogens is 492 g/mol. The van der Waals surface area contributed by atoms with Gasteiger partial charge in [0.25, 0.3) is 0 Å². The van der Waals surface area contributed by atoms with Gasteiger partial charge in [0, 0.05) is 27.5 Å². The number of para-hydroxylation sites is 2. The molecule has 40 heavy (non-hydrogen) atoms. The van der Waals surface area contributed by atoms with Gasteiger partial charge in [0.2, 0.25) is 5.96 Å². The first-order valence-corrected chi connectivity index (χ1v) is 13.2. The van der Waals surface area contributed by atoms with Crippen molar-refractivity contribution in [1.82, 2.24) is 4.57 Å². The minimum absolute atomic E-state index is 0.0643. The second kappa shape index (κ2) is 8.51. The van der Waals surface area contributed by atoms with Crippen molar-refractivity contribution in [2.24, 2.45) is 9.98 Å². The monoisotopic (exact) mass is 516 g/mol. The Kier molecular flexibility index (Phi) is 4.79. The topological polar surface area (TPSA) is 68.8 Å². The minimum Gasteiger partial charge on any atom is -0.358 e. The van der Waals surface area contributed by atoms with E-state index in [1.807, 2.05) is 53.1 Å². The fraction of sp³-hybridized carbons (Fsp3) is 0.0294. The third kappa shape index (κ3) is 3.07. The lowest BCUT2D eigenvalue weighted by Crippen LogP contribution is -2.27. The predicted molar refractivity (Wildman–Crippen MR) is 165 cm³/mol. The number of anilines is 3. The van der Waals surface area contributed by atoms with E-state index in [4.69, 9.17) is 0 Å². The maximum atomic E-state index is 9.24.